The van der Waals surface area contributed by atoms with Gasteiger partial charge in [0.15, 0.2) is 0 Å². The van der Waals surface area contributed by atoms with Crippen LogP contribution in [-0.4, -0.2) is 46.9 Å². The maximum Gasteiger partial charge on any atom is 0.230 e. The molecule has 0 N–H and O–H groups in total. The molecule has 2 fully saturated rings. The van der Waals surface area contributed by atoms with E-state index in [0.717, 1.165) is 58.4 Å². The normalized spacial score (nSPS) is 23.7. The summed E-state index contributed by atoms with van der Waals surface area (Å²) in [7, 11) is 0. The van der Waals surface area contributed by atoms with Crippen LogP contribution < -0.4 is 0 Å². The SMILES string of the molecule is O=C1N(CCc2ccccc2)CCC[C@@]12CCN(Cc1cccnc1)C2. The quantitative estimate of drug-likeness (QED) is 0.832. The number of amides is 1. The van der Waals surface area contributed by atoms with E-state index in [2.05, 4.69) is 45.1 Å². The van der Waals surface area contributed by atoms with Gasteiger partial charge in [0.25, 0.3) is 0 Å². The number of pyridine rings is 1. The number of aromatic nitrogens is 1. The van der Waals surface area contributed by atoms with Crippen LogP contribution in [0.25, 0.3) is 0 Å². The molecule has 2 aromatic rings. The molecule has 26 heavy (non-hydrogen) atoms. The van der Waals surface area contributed by atoms with Crippen LogP contribution in [0, 0.1) is 5.41 Å². The van der Waals surface area contributed by atoms with Gasteiger partial charge in [-0.2, -0.15) is 0 Å². The summed E-state index contributed by atoms with van der Waals surface area (Å²) in [5, 5.41) is 0. The first-order chi connectivity index (χ1) is 12.8. The van der Waals surface area contributed by atoms with Crippen LogP contribution in [0.3, 0.4) is 0 Å². The van der Waals surface area contributed by atoms with Gasteiger partial charge in [-0.25, -0.2) is 0 Å². The fourth-order valence-electron chi connectivity index (χ4n) is 4.50. The van der Waals surface area contributed by atoms with Crippen LogP contribution in [0.15, 0.2) is 54.9 Å². The van der Waals surface area contributed by atoms with Crippen molar-refractivity contribution in [2.75, 3.05) is 26.2 Å². The minimum atomic E-state index is -0.156. The van der Waals surface area contributed by atoms with Crippen LogP contribution in [0.5, 0.6) is 0 Å². The smallest absolute Gasteiger partial charge is 0.230 e. The third kappa shape index (κ3) is 3.65. The molecular weight excluding hydrogens is 322 g/mol. The Balaban J connectivity index is 1.38. The largest absolute Gasteiger partial charge is 0.342 e. The third-order valence-corrected chi connectivity index (χ3v) is 5.90. The number of carbonyl (C=O) groups is 1. The number of hydrogen-bond acceptors (Lipinski definition) is 3. The molecule has 136 valence electrons. The monoisotopic (exact) mass is 349 g/mol. The maximum atomic E-state index is 13.3. The lowest BCUT2D eigenvalue weighted by molar-refractivity contribution is -0.145. The first-order valence-corrected chi connectivity index (χ1v) is 9.70. The fraction of sp³-hybridized carbons (Fsp3) is 0.455. The van der Waals surface area contributed by atoms with Gasteiger partial charge >= 0.3 is 0 Å². The average Bonchev–Trinajstić information content (AvgIpc) is 3.08. The predicted octanol–water partition coefficient (Wildman–Crippen LogP) is 3.14. The van der Waals surface area contributed by atoms with E-state index in [1.165, 1.54) is 11.1 Å². The van der Waals surface area contributed by atoms with Gasteiger partial charge < -0.3 is 4.90 Å². The molecular formula is C22H27N3O. The standard InChI is InChI=1S/C22H27N3O/c26-21-22(11-15-24(18-22)17-20-8-4-12-23-16-20)10-5-13-25(21)14-9-19-6-2-1-3-7-19/h1-4,6-8,12,16H,5,9-11,13-15,17-18H2/t22-/m0/s1. The molecule has 4 rings (SSSR count). The van der Waals surface area contributed by atoms with Gasteiger partial charge in [0.2, 0.25) is 5.91 Å². The maximum absolute atomic E-state index is 13.3. The summed E-state index contributed by atoms with van der Waals surface area (Å²) in [6.45, 7) is 4.55. The second-order valence-electron chi connectivity index (χ2n) is 7.73. The number of rotatable bonds is 5. The van der Waals surface area contributed by atoms with Crippen LogP contribution >= 0.6 is 0 Å². The molecule has 0 radical (unpaired) electrons. The zero-order valence-corrected chi connectivity index (χ0v) is 15.3. The Morgan fingerprint density at radius 3 is 2.65 bits per heavy atom. The van der Waals surface area contributed by atoms with Crippen molar-refractivity contribution >= 4 is 5.91 Å². The van der Waals surface area contributed by atoms with Crippen molar-refractivity contribution in [2.45, 2.75) is 32.2 Å². The van der Waals surface area contributed by atoms with Crippen LogP contribution in [0.4, 0.5) is 0 Å². The number of nitrogens with zero attached hydrogens (tertiary/aromatic N) is 3. The molecule has 1 atom stereocenters. The molecule has 0 saturated carbocycles. The van der Waals surface area contributed by atoms with E-state index in [4.69, 9.17) is 0 Å². The summed E-state index contributed by atoms with van der Waals surface area (Å²) in [5.41, 5.74) is 2.38. The lowest BCUT2D eigenvalue weighted by Gasteiger charge is -2.39. The number of benzene rings is 1. The molecule has 0 bridgehead atoms. The average molecular weight is 349 g/mol. The van der Waals surface area contributed by atoms with Gasteiger partial charge in [0.1, 0.15) is 0 Å². The highest BCUT2D eigenvalue weighted by molar-refractivity contribution is 5.84. The van der Waals surface area contributed by atoms with Gasteiger partial charge in [-0.05, 0) is 49.4 Å². The van der Waals surface area contributed by atoms with Crippen LogP contribution in [0.1, 0.15) is 30.4 Å². The zero-order valence-electron chi connectivity index (χ0n) is 15.3. The second kappa shape index (κ2) is 7.58. The summed E-state index contributed by atoms with van der Waals surface area (Å²) in [4.78, 5) is 22.0. The van der Waals surface area contributed by atoms with E-state index in [1.54, 1.807) is 0 Å². The topological polar surface area (TPSA) is 36.4 Å². The Labute approximate surface area is 155 Å². The van der Waals surface area contributed by atoms with E-state index in [-0.39, 0.29) is 5.41 Å². The molecule has 0 unspecified atom stereocenters. The number of piperidine rings is 1. The Kier molecular flexibility index (Phi) is 5.02. The lowest BCUT2D eigenvalue weighted by atomic mass is 9.78. The zero-order chi connectivity index (χ0) is 17.8. The van der Waals surface area contributed by atoms with Crippen molar-refractivity contribution in [3.8, 4) is 0 Å². The Morgan fingerprint density at radius 2 is 1.85 bits per heavy atom. The van der Waals surface area contributed by atoms with Gasteiger partial charge in [0, 0.05) is 38.6 Å². The highest BCUT2D eigenvalue weighted by atomic mass is 16.2. The van der Waals surface area contributed by atoms with E-state index >= 15 is 0 Å². The summed E-state index contributed by atoms with van der Waals surface area (Å²) >= 11 is 0. The molecule has 1 aromatic heterocycles. The van der Waals surface area contributed by atoms with Crippen molar-refractivity contribution in [1.29, 1.82) is 0 Å². The molecule has 1 amide bonds. The van der Waals surface area contributed by atoms with E-state index in [0.29, 0.717) is 5.91 Å². The Hall–Kier alpha value is -2.20. The van der Waals surface area contributed by atoms with Crippen LogP contribution in [-0.2, 0) is 17.8 Å². The highest BCUT2D eigenvalue weighted by Gasteiger charge is 2.47. The van der Waals surface area contributed by atoms with Crippen molar-refractivity contribution in [3.05, 3.63) is 66.0 Å². The summed E-state index contributed by atoms with van der Waals surface area (Å²) in [6.07, 6.45) is 7.85. The summed E-state index contributed by atoms with van der Waals surface area (Å²) < 4.78 is 0. The number of likely N-dealkylation sites (tertiary alicyclic amines) is 2. The van der Waals surface area contributed by atoms with E-state index < -0.39 is 0 Å². The predicted molar refractivity (Wildman–Crippen MR) is 103 cm³/mol. The second-order valence-corrected chi connectivity index (χ2v) is 7.73. The molecule has 4 heteroatoms. The Morgan fingerprint density at radius 1 is 1.00 bits per heavy atom. The lowest BCUT2D eigenvalue weighted by Crippen LogP contribution is -2.50. The number of carbonyl (C=O) groups excluding carboxylic acids is 1. The third-order valence-electron chi connectivity index (χ3n) is 5.90. The first-order valence-electron chi connectivity index (χ1n) is 9.70. The molecule has 2 aliphatic rings. The fourth-order valence-corrected chi connectivity index (χ4v) is 4.50. The molecule has 2 aliphatic heterocycles. The van der Waals surface area contributed by atoms with Crippen LogP contribution in [0.2, 0.25) is 0 Å². The van der Waals surface area contributed by atoms with Gasteiger partial charge in [-0.3, -0.25) is 14.7 Å². The summed E-state index contributed by atoms with van der Waals surface area (Å²) in [5.74, 6) is 0.383. The minimum Gasteiger partial charge on any atom is -0.342 e. The van der Waals surface area contributed by atoms with E-state index in [9.17, 15) is 4.79 Å². The van der Waals surface area contributed by atoms with Crippen molar-refractivity contribution in [1.82, 2.24) is 14.8 Å². The molecule has 1 aromatic carbocycles. The molecule has 1 spiro atoms. The van der Waals surface area contributed by atoms with Crippen molar-refractivity contribution in [2.24, 2.45) is 5.41 Å². The first kappa shape index (κ1) is 17.2. The molecule has 0 aliphatic carbocycles. The van der Waals surface area contributed by atoms with Crippen molar-refractivity contribution in [3.63, 3.8) is 0 Å². The summed E-state index contributed by atoms with van der Waals surface area (Å²) in [6, 6.07) is 14.6. The van der Waals surface area contributed by atoms with Gasteiger partial charge in [-0.15, -0.1) is 0 Å². The molecule has 2 saturated heterocycles. The van der Waals surface area contributed by atoms with Crippen molar-refractivity contribution < 1.29 is 4.79 Å². The minimum absolute atomic E-state index is 0.156. The highest BCUT2D eigenvalue weighted by Crippen LogP contribution is 2.40. The number of hydrogen-bond donors (Lipinski definition) is 0. The Bertz CT molecular complexity index is 734. The van der Waals surface area contributed by atoms with Gasteiger partial charge in [0.05, 0.1) is 5.41 Å². The van der Waals surface area contributed by atoms with E-state index in [1.807, 2.05) is 24.5 Å². The molecule has 4 nitrogen and oxygen atoms in total. The van der Waals surface area contributed by atoms with Gasteiger partial charge in [-0.1, -0.05) is 36.4 Å². The molecule has 3 heterocycles.